The van der Waals surface area contributed by atoms with E-state index in [-0.39, 0.29) is 0 Å². The van der Waals surface area contributed by atoms with Gasteiger partial charge in [-0.05, 0) is 39.9 Å². The number of hydrogen-bond acceptors (Lipinski definition) is 3. The molecular formula is C15H17BO3Si. The molecule has 5 heteroatoms. The lowest BCUT2D eigenvalue weighted by molar-refractivity contribution is 0.289. The summed E-state index contributed by atoms with van der Waals surface area (Å²) in [7, 11) is -2.91. The topological polar surface area (TPSA) is 49.7 Å². The Bertz CT molecular complexity index is 656. The molecule has 102 valence electrons. The highest BCUT2D eigenvalue weighted by Gasteiger charge is 2.26. The van der Waals surface area contributed by atoms with Gasteiger partial charge in [0, 0.05) is 0 Å². The highest BCUT2D eigenvalue weighted by Crippen LogP contribution is 2.37. The van der Waals surface area contributed by atoms with Crippen LogP contribution >= 0.6 is 0 Å². The van der Waals surface area contributed by atoms with Crippen LogP contribution in [0.3, 0.4) is 0 Å². The summed E-state index contributed by atoms with van der Waals surface area (Å²) >= 11 is 0. The maximum absolute atomic E-state index is 9.08. The molecule has 0 bridgehead atoms. The summed E-state index contributed by atoms with van der Waals surface area (Å²) in [4.78, 5) is 0. The molecule has 1 aliphatic rings. The Morgan fingerprint density at radius 1 is 1.05 bits per heavy atom. The Morgan fingerprint density at radius 3 is 2.50 bits per heavy atom. The van der Waals surface area contributed by atoms with Crippen molar-refractivity contribution in [2.45, 2.75) is 19.5 Å². The average Bonchev–Trinajstić information content (AvgIpc) is 2.75. The van der Waals surface area contributed by atoms with Crippen molar-refractivity contribution in [1.29, 1.82) is 0 Å². The van der Waals surface area contributed by atoms with Gasteiger partial charge in [0.25, 0.3) is 0 Å². The molecule has 1 aliphatic carbocycles. The fourth-order valence-corrected chi connectivity index (χ4v) is 4.75. The predicted octanol–water partition coefficient (Wildman–Crippen LogP) is 1.30. The molecule has 20 heavy (non-hydrogen) atoms. The molecule has 0 atom stereocenters. The monoisotopic (exact) mass is 284 g/mol. The Hall–Kier alpha value is -1.56. The molecule has 0 saturated heterocycles. The normalized spacial score (nSPS) is 12.2. The van der Waals surface area contributed by atoms with E-state index >= 15 is 0 Å². The molecule has 0 heterocycles. The molecule has 0 aromatic heterocycles. The van der Waals surface area contributed by atoms with E-state index in [9.17, 15) is 0 Å². The molecule has 0 spiro atoms. The molecule has 0 amide bonds. The lowest BCUT2D eigenvalue weighted by Crippen LogP contribution is -2.32. The molecule has 0 saturated carbocycles. The number of benzene rings is 2. The average molecular weight is 284 g/mol. The van der Waals surface area contributed by atoms with Crippen LogP contribution in [0.2, 0.25) is 13.1 Å². The van der Waals surface area contributed by atoms with Gasteiger partial charge in [0.15, 0.2) is 0 Å². The minimum Gasteiger partial charge on any atom is -0.512 e. The quantitative estimate of drug-likeness (QED) is 0.713. The summed E-state index contributed by atoms with van der Waals surface area (Å²) in [6, 6.07) is 12.3. The van der Waals surface area contributed by atoms with Gasteiger partial charge in [-0.3, -0.25) is 0 Å². The lowest BCUT2D eigenvalue weighted by Gasteiger charge is -2.17. The van der Waals surface area contributed by atoms with Crippen molar-refractivity contribution in [2.75, 3.05) is 0 Å². The summed E-state index contributed by atoms with van der Waals surface area (Å²) in [5, 5.41) is 19.4. The molecule has 3 rings (SSSR count). The summed E-state index contributed by atoms with van der Waals surface area (Å²) in [6.45, 7) is 4.46. The molecule has 2 N–H and O–H groups in total. The number of fused-ring (bicyclic) bond motifs is 3. The van der Waals surface area contributed by atoms with Crippen LogP contribution in [0.15, 0.2) is 36.4 Å². The summed E-state index contributed by atoms with van der Waals surface area (Å²) in [6.07, 6.45) is 0.907. The van der Waals surface area contributed by atoms with E-state index in [0.29, 0.717) is 5.75 Å². The van der Waals surface area contributed by atoms with Crippen molar-refractivity contribution < 1.29 is 14.7 Å². The van der Waals surface area contributed by atoms with Crippen molar-refractivity contribution in [3.63, 3.8) is 0 Å². The van der Waals surface area contributed by atoms with E-state index in [1.807, 2.05) is 12.1 Å². The van der Waals surface area contributed by atoms with Crippen LogP contribution in [0.25, 0.3) is 11.1 Å². The largest absolute Gasteiger partial charge is 0.707 e. The van der Waals surface area contributed by atoms with Gasteiger partial charge in [0.1, 0.15) is 5.75 Å². The van der Waals surface area contributed by atoms with Crippen LogP contribution in [0.4, 0.5) is 0 Å². The Balaban J connectivity index is 2.16. The maximum Gasteiger partial charge on any atom is 0.707 e. The third-order valence-corrected chi connectivity index (χ3v) is 5.59. The summed E-state index contributed by atoms with van der Waals surface area (Å²) < 4.78 is 5.18. The van der Waals surface area contributed by atoms with Gasteiger partial charge in [-0.1, -0.05) is 43.4 Å². The second-order valence-corrected chi connectivity index (χ2v) is 8.32. The van der Waals surface area contributed by atoms with E-state index < -0.39 is 16.1 Å². The second-order valence-electron chi connectivity index (χ2n) is 5.44. The SMILES string of the molecule is C[SiH](C)c1c(OB(O)O)ccc2c1Cc1ccccc1-2. The predicted molar refractivity (Wildman–Crippen MR) is 84.0 cm³/mol. The molecule has 2 aromatic carbocycles. The van der Waals surface area contributed by atoms with E-state index in [0.717, 1.165) is 6.42 Å². The van der Waals surface area contributed by atoms with Crippen LogP contribution in [0.1, 0.15) is 11.1 Å². The number of rotatable bonds is 3. The van der Waals surface area contributed by atoms with Crippen molar-refractivity contribution >= 4 is 21.3 Å². The van der Waals surface area contributed by atoms with Gasteiger partial charge in [-0.15, -0.1) is 0 Å². The highest BCUT2D eigenvalue weighted by molar-refractivity contribution is 6.72. The molecule has 0 fully saturated rings. The zero-order valence-electron chi connectivity index (χ0n) is 11.6. The van der Waals surface area contributed by atoms with Gasteiger partial charge in [-0.25, -0.2) is 0 Å². The van der Waals surface area contributed by atoms with E-state index in [2.05, 4.69) is 37.4 Å². The van der Waals surface area contributed by atoms with Crippen molar-refractivity contribution in [3.05, 3.63) is 47.5 Å². The van der Waals surface area contributed by atoms with Gasteiger partial charge in [0.05, 0.1) is 8.80 Å². The third-order valence-electron chi connectivity index (χ3n) is 3.80. The van der Waals surface area contributed by atoms with Crippen LogP contribution in [0, 0.1) is 0 Å². The molecule has 0 unspecified atom stereocenters. The Kier molecular flexibility index (Phi) is 3.42. The minimum absolute atomic E-state index is 0.619. The van der Waals surface area contributed by atoms with Gasteiger partial charge in [-0.2, -0.15) is 0 Å². The van der Waals surface area contributed by atoms with E-state index in [1.54, 1.807) is 0 Å². The maximum atomic E-state index is 9.08. The summed E-state index contributed by atoms with van der Waals surface area (Å²) in [5.74, 6) is 0.619. The minimum atomic E-state index is -1.76. The summed E-state index contributed by atoms with van der Waals surface area (Å²) in [5.41, 5.74) is 5.18. The number of hydrogen-bond donors (Lipinski definition) is 2. The Morgan fingerprint density at radius 2 is 1.80 bits per heavy atom. The van der Waals surface area contributed by atoms with Gasteiger partial charge in [0.2, 0.25) is 0 Å². The van der Waals surface area contributed by atoms with Crippen molar-refractivity contribution in [3.8, 4) is 16.9 Å². The Labute approximate surface area is 120 Å². The highest BCUT2D eigenvalue weighted by atomic mass is 28.3. The third kappa shape index (κ3) is 2.18. The van der Waals surface area contributed by atoms with Crippen LogP contribution in [0.5, 0.6) is 5.75 Å². The lowest BCUT2D eigenvalue weighted by atomic mass is 10.1. The van der Waals surface area contributed by atoms with E-state index in [4.69, 9.17) is 14.7 Å². The fraction of sp³-hybridized carbons (Fsp3) is 0.200. The molecule has 0 aliphatic heterocycles. The van der Waals surface area contributed by atoms with Crippen LogP contribution < -0.4 is 9.84 Å². The molecular weight excluding hydrogens is 267 g/mol. The standard InChI is InChI=1S/C15H17BO3Si/c1-20(2)15-13-9-10-5-3-4-6-11(10)12(13)7-8-14(15)19-16(17)18/h3-8,17-18,20H,9H2,1-2H3. The van der Waals surface area contributed by atoms with E-state index in [1.165, 1.54) is 27.4 Å². The zero-order chi connectivity index (χ0) is 14.3. The first kappa shape index (κ1) is 13.4. The molecule has 2 aromatic rings. The van der Waals surface area contributed by atoms with Gasteiger partial charge >= 0.3 is 7.32 Å². The van der Waals surface area contributed by atoms with Crippen molar-refractivity contribution in [2.24, 2.45) is 0 Å². The van der Waals surface area contributed by atoms with Crippen LogP contribution in [-0.4, -0.2) is 26.2 Å². The zero-order valence-corrected chi connectivity index (χ0v) is 12.8. The first-order chi connectivity index (χ1) is 9.58. The van der Waals surface area contributed by atoms with Crippen molar-refractivity contribution in [1.82, 2.24) is 0 Å². The van der Waals surface area contributed by atoms with Gasteiger partial charge < -0.3 is 14.7 Å². The van der Waals surface area contributed by atoms with Crippen LogP contribution in [-0.2, 0) is 6.42 Å². The fourth-order valence-electron chi connectivity index (χ4n) is 3.06. The first-order valence-corrected chi connectivity index (χ1v) is 9.73. The smallest absolute Gasteiger partial charge is 0.512 e. The second kappa shape index (κ2) is 5.09. The molecule has 3 nitrogen and oxygen atoms in total. The first-order valence-electron chi connectivity index (χ1n) is 6.84. The molecule has 0 radical (unpaired) electrons.